The molecule has 0 saturated heterocycles. The number of anilines is 1. The number of nitrogen functional groups attached to an aromatic ring is 1. The minimum Gasteiger partial charge on any atom is -0.398 e. The lowest BCUT2D eigenvalue weighted by molar-refractivity contribution is 0.580. The van der Waals surface area contributed by atoms with Gasteiger partial charge < -0.3 is 5.73 Å². The molecule has 5 heteroatoms. The van der Waals surface area contributed by atoms with E-state index >= 15 is 0 Å². The number of rotatable bonds is 4. The Balaban J connectivity index is 2.37. The Hall–Kier alpha value is -1.85. The average molecular weight is 304 g/mol. The van der Waals surface area contributed by atoms with Crippen molar-refractivity contribution in [3.05, 3.63) is 58.7 Å². The van der Waals surface area contributed by atoms with Gasteiger partial charge in [0.25, 0.3) is 0 Å². The number of sulfonamides is 1. The summed E-state index contributed by atoms with van der Waals surface area (Å²) in [6.07, 6.45) is 0. The van der Waals surface area contributed by atoms with Crippen LogP contribution in [0.4, 0.5) is 5.69 Å². The van der Waals surface area contributed by atoms with Crippen molar-refractivity contribution in [1.29, 1.82) is 0 Å². The first-order valence-corrected chi connectivity index (χ1v) is 8.21. The highest BCUT2D eigenvalue weighted by Crippen LogP contribution is 2.27. The van der Waals surface area contributed by atoms with Crippen LogP contribution in [0.3, 0.4) is 0 Å². The highest BCUT2D eigenvalue weighted by molar-refractivity contribution is 7.89. The maximum Gasteiger partial charge on any atom is 0.241 e. The number of hydrogen-bond donors (Lipinski definition) is 2. The molecule has 0 radical (unpaired) electrons. The average Bonchev–Trinajstić information content (AvgIpc) is 2.44. The lowest BCUT2D eigenvalue weighted by Gasteiger charge is -2.16. The molecular formula is C16H20N2O2S. The zero-order chi connectivity index (χ0) is 15.6. The highest BCUT2D eigenvalue weighted by Gasteiger charge is 2.22. The van der Waals surface area contributed by atoms with E-state index in [0.717, 1.165) is 16.7 Å². The fourth-order valence-electron chi connectivity index (χ4n) is 2.29. The minimum absolute atomic E-state index is 0.260. The monoisotopic (exact) mass is 304 g/mol. The van der Waals surface area contributed by atoms with Gasteiger partial charge in [0.05, 0.1) is 4.90 Å². The molecule has 0 aliphatic heterocycles. The quantitative estimate of drug-likeness (QED) is 0.853. The van der Waals surface area contributed by atoms with E-state index in [0.29, 0.717) is 11.3 Å². The Morgan fingerprint density at radius 3 is 2.29 bits per heavy atom. The normalized spacial score (nSPS) is 11.6. The van der Waals surface area contributed by atoms with Crippen LogP contribution in [0.2, 0.25) is 0 Å². The summed E-state index contributed by atoms with van der Waals surface area (Å²) in [7, 11) is -3.59. The number of aryl methyl sites for hydroxylation is 1. The van der Waals surface area contributed by atoms with Crippen molar-refractivity contribution in [2.75, 3.05) is 5.73 Å². The van der Waals surface area contributed by atoms with Crippen molar-refractivity contribution in [3.63, 3.8) is 0 Å². The Morgan fingerprint density at radius 2 is 1.67 bits per heavy atom. The van der Waals surface area contributed by atoms with Gasteiger partial charge >= 0.3 is 0 Å². The number of nitrogens with one attached hydrogen (secondary N) is 1. The van der Waals surface area contributed by atoms with Crippen LogP contribution in [-0.2, 0) is 16.6 Å². The van der Waals surface area contributed by atoms with E-state index in [-0.39, 0.29) is 11.4 Å². The summed E-state index contributed by atoms with van der Waals surface area (Å²) < 4.78 is 27.8. The van der Waals surface area contributed by atoms with Crippen LogP contribution in [0.5, 0.6) is 0 Å². The Morgan fingerprint density at radius 1 is 1.05 bits per heavy atom. The van der Waals surface area contributed by atoms with Crippen LogP contribution in [0, 0.1) is 20.8 Å². The molecule has 0 heterocycles. The van der Waals surface area contributed by atoms with Crippen LogP contribution in [0.1, 0.15) is 22.3 Å². The Kier molecular flexibility index (Phi) is 4.34. The molecule has 0 amide bonds. The predicted molar refractivity (Wildman–Crippen MR) is 85.5 cm³/mol. The van der Waals surface area contributed by atoms with Gasteiger partial charge in [-0.25, -0.2) is 13.1 Å². The SMILES string of the molecule is Cc1cc(N)c(C)c(S(=O)(=O)NCc2ccccc2)c1C. The molecule has 4 nitrogen and oxygen atoms in total. The van der Waals surface area contributed by atoms with Gasteiger partial charge in [-0.1, -0.05) is 30.3 Å². The molecule has 2 rings (SSSR count). The second-order valence-corrected chi connectivity index (χ2v) is 6.88. The predicted octanol–water partition coefficient (Wildman–Crippen LogP) is 2.67. The van der Waals surface area contributed by atoms with Gasteiger partial charge in [0, 0.05) is 12.2 Å². The molecule has 3 N–H and O–H groups in total. The molecule has 21 heavy (non-hydrogen) atoms. The van der Waals surface area contributed by atoms with E-state index < -0.39 is 10.0 Å². The lowest BCUT2D eigenvalue weighted by atomic mass is 10.1. The van der Waals surface area contributed by atoms with E-state index in [1.165, 1.54) is 0 Å². The van der Waals surface area contributed by atoms with Gasteiger partial charge in [-0.05, 0) is 49.1 Å². The van der Waals surface area contributed by atoms with Gasteiger partial charge in [-0.3, -0.25) is 0 Å². The highest BCUT2D eigenvalue weighted by atomic mass is 32.2. The van der Waals surface area contributed by atoms with E-state index in [9.17, 15) is 8.42 Å². The van der Waals surface area contributed by atoms with E-state index in [1.54, 1.807) is 19.9 Å². The van der Waals surface area contributed by atoms with Gasteiger partial charge in [0.15, 0.2) is 0 Å². The molecule has 2 aromatic carbocycles. The molecular weight excluding hydrogens is 284 g/mol. The first kappa shape index (κ1) is 15.5. The first-order chi connectivity index (χ1) is 9.83. The van der Waals surface area contributed by atoms with E-state index in [1.807, 2.05) is 37.3 Å². The summed E-state index contributed by atoms with van der Waals surface area (Å²) in [5.74, 6) is 0. The third kappa shape index (κ3) is 3.25. The zero-order valence-corrected chi connectivity index (χ0v) is 13.3. The molecule has 112 valence electrons. The fraction of sp³-hybridized carbons (Fsp3) is 0.250. The third-order valence-corrected chi connectivity index (χ3v) is 5.33. The fourth-order valence-corrected chi connectivity index (χ4v) is 3.88. The van der Waals surface area contributed by atoms with Crippen molar-refractivity contribution in [2.45, 2.75) is 32.2 Å². The van der Waals surface area contributed by atoms with Crippen LogP contribution in [-0.4, -0.2) is 8.42 Å². The second kappa shape index (κ2) is 5.87. The Labute approximate surface area is 126 Å². The summed E-state index contributed by atoms with van der Waals surface area (Å²) in [5.41, 5.74) is 9.52. The van der Waals surface area contributed by atoms with E-state index in [4.69, 9.17) is 5.73 Å². The molecule has 0 aliphatic rings. The van der Waals surface area contributed by atoms with Crippen molar-refractivity contribution >= 4 is 15.7 Å². The van der Waals surface area contributed by atoms with Crippen LogP contribution in [0.15, 0.2) is 41.3 Å². The number of hydrogen-bond acceptors (Lipinski definition) is 3. The molecule has 0 spiro atoms. The van der Waals surface area contributed by atoms with Crippen LogP contribution < -0.4 is 10.5 Å². The summed E-state index contributed by atoms with van der Waals surface area (Å²) >= 11 is 0. The molecule has 0 saturated carbocycles. The standard InChI is InChI=1S/C16H20N2O2S/c1-11-9-15(17)13(3)16(12(11)2)21(19,20)18-10-14-7-5-4-6-8-14/h4-9,18H,10,17H2,1-3H3. The lowest BCUT2D eigenvalue weighted by Crippen LogP contribution is -2.25. The maximum absolute atomic E-state index is 12.6. The zero-order valence-electron chi connectivity index (χ0n) is 12.5. The summed E-state index contributed by atoms with van der Waals surface area (Å²) in [6.45, 7) is 5.66. The summed E-state index contributed by atoms with van der Waals surface area (Å²) in [5, 5.41) is 0. The molecule has 0 atom stereocenters. The largest absolute Gasteiger partial charge is 0.398 e. The Bertz CT molecular complexity index is 727. The maximum atomic E-state index is 12.6. The van der Waals surface area contributed by atoms with Gasteiger partial charge in [0.2, 0.25) is 10.0 Å². The van der Waals surface area contributed by atoms with Gasteiger partial charge in [-0.2, -0.15) is 0 Å². The summed E-state index contributed by atoms with van der Waals surface area (Å²) in [6, 6.07) is 11.2. The van der Waals surface area contributed by atoms with Crippen molar-refractivity contribution in [1.82, 2.24) is 4.72 Å². The van der Waals surface area contributed by atoms with Crippen molar-refractivity contribution in [2.24, 2.45) is 0 Å². The second-order valence-electron chi connectivity index (χ2n) is 5.17. The number of benzene rings is 2. The molecule has 2 aromatic rings. The number of nitrogens with two attached hydrogens (primary N) is 1. The van der Waals surface area contributed by atoms with Gasteiger partial charge in [0.1, 0.15) is 0 Å². The van der Waals surface area contributed by atoms with E-state index in [2.05, 4.69) is 4.72 Å². The minimum atomic E-state index is -3.59. The van der Waals surface area contributed by atoms with Crippen LogP contribution >= 0.6 is 0 Å². The third-order valence-electron chi connectivity index (χ3n) is 3.66. The molecule has 0 unspecified atom stereocenters. The smallest absolute Gasteiger partial charge is 0.241 e. The van der Waals surface area contributed by atoms with Crippen LogP contribution in [0.25, 0.3) is 0 Å². The van der Waals surface area contributed by atoms with Crippen molar-refractivity contribution in [3.8, 4) is 0 Å². The topological polar surface area (TPSA) is 72.2 Å². The molecule has 0 bridgehead atoms. The molecule has 0 aromatic heterocycles. The molecule has 0 aliphatic carbocycles. The van der Waals surface area contributed by atoms with Gasteiger partial charge in [-0.15, -0.1) is 0 Å². The van der Waals surface area contributed by atoms with Crippen molar-refractivity contribution < 1.29 is 8.42 Å². The summed E-state index contributed by atoms with van der Waals surface area (Å²) in [4.78, 5) is 0.288. The molecule has 0 fully saturated rings. The first-order valence-electron chi connectivity index (χ1n) is 6.73.